The predicted octanol–water partition coefficient (Wildman–Crippen LogP) is 0.000900. The van der Waals surface area contributed by atoms with Crippen molar-refractivity contribution in [2.24, 2.45) is 11.7 Å². The molecule has 14 heavy (non-hydrogen) atoms. The van der Waals surface area contributed by atoms with Crippen LogP contribution in [0.3, 0.4) is 0 Å². The summed E-state index contributed by atoms with van der Waals surface area (Å²) in [4.78, 5) is 11.5. The number of carbonyl (C=O) groups is 1. The molecule has 1 unspecified atom stereocenters. The molecule has 4 N–H and O–H groups in total. The third kappa shape index (κ3) is 2.69. The lowest BCUT2D eigenvalue weighted by molar-refractivity contribution is -0.126. The molecule has 0 bridgehead atoms. The highest BCUT2D eigenvalue weighted by atomic mass is 16.3. The van der Waals surface area contributed by atoms with Gasteiger partial charge in [-0.05, 0) is 32.1 Å². The van der Waals surface area contributed by atoms with Crippen molar-refractivity contribution in [3.8, 4) is 0 Å². The maximum atomic E-state index is 11.5. The van der Waals surface area contributed by atoms with Gasteiger partial charge in [-0.2, -0.15) is 0 Å². The van der Waals surface area contributed by atoms with Gasteiger partial charge in [0.05, 0.1) is 11.6 Å². The molecular formula is C10H20N2O2. The summed E-state index contributed by atoms with van der Waals surface area (Å²) in [5.41, 5.74) is 5.01. The fourth-order valence-electron chi connectivity index (χ4n) is 1.47. The van der Waals surface area contributed by atoms with E-state index in [4.69, 9.17) is 10.8 Å². The molecule has 1 fully saturated rings. The molecule has 1 saturated carbocycles. The van der Waals surface area contributed by atoms with Gasteiger partial charge in [0, 0.05) is 6.54 Å². The fourth-order valence-corrected chi connectivity index (χ4v) is 1.47. The zero-order valence-electron chi connectivity index (χ0n) is 8.92. The van der Waals surface area contributed by atoms with Gasteiger partial charge in [-0.3, -0.25) is 4.79 Å². The van der Waals surface area contributed by atoms with Crippen molar-refractivity contribution < 1.29 is 9.90 Å². The van der Waals surface area contributed by atoms with Crippen LogP contribution in [0.15, 0.2) is 0 Å². The summed E-state index contributed by atoms with van der Waals surface area (Å²) < 4.78 is 0. The Morgan fingerprint density at radius 1 is 1.64 bits per heavy atom. The fraction of sp³-hybridized carbons (Fsp3) is 0.900. The minimum absolute atomic E-state index is 0.0959. The van der Waals surface area contributed by atoms with Gasteiger partial charge in [0.15, 0.2) is 0 Å². The molecule has 0 saturated heterocycles. The van der Waals surface area contributed by atoms with E-state index < -0.39 is 5.54 Å². The van der Waals surface area contributed by atoms with Crippen LogP contribution >= 0.6 is 0 Å². The van der Waals surface area contributed by atoms with Gasteiger partial charge >= 0.3 is 0 Å². The summed E-state index contributed by atoms with van der Waals surface area (Å²) in [6.07, 6.45) is 2.07. The zero-order chi connectivity index (χ0) is 10.8. The lowest BCUT2D eigenvalue weighted by Gasteiger charge is -2.32. The maximum Gasteiger partial charge on any atom is 0.239 e. The molecule has 0 aromatic rings. The Kier molecular flexibility index (Phi) is 3.50. The summed E-state index contributed by atoms with van der Waals surface area (Å²) in [5.74, 6) is 0.336. The Morgan fingerprint density at radius 3 is 2.64 bits per heavy atom. The van der Waals surface area contributed by atoms with E-state index in [0.29, 0.717) is 18.9 Å². The first-order valence-electron chi connectivity index (χ1n) is 5.21. The van der Waals surface area contributed by atoms with Crippen LogP contribution in [0.25, 0.3) is 0 Å². The molecule has 0 spiro atoms. The van der Waals surface area contributed by atoms with Gasteiger partial charge in [-0.15, -0.1) is 0 Å². The van der Waals surface area contributed by atoms with Gasteiger partial charge in [-0.25, -0.2) is 0 Å². The van der Waals surface area contributed by atoms with E-state index in [1.54, 1.807) is 6.92 Å². The van der Waals surface area contributed by atoms with Gasteiger partial charge < -0.3 is 16.2 Å². The number of carbonyl (C=O) groups excluding carboxylic acids is 1. The Bertz CT molecular complexity index is 210. The monoisotopic (exact) mass is 200 g/mol. The van der Waals surface area contributed by atoms with Crippen LogP contribution in [0, 0.1) is 5.92 Å². The molecule has 0 heterocycles. The number of amides is 1. The molecule has 0 aromatic heterocycles. The second kappa shape index (κ2) is 4.28. The third-order valence-electron chi connectivity index (χ3n) is 3.02. The number of aliphatic hydroxyl groups excluding tert-OH is 1. The van der Waals surface area contributed by atoms with E-state index in [-0.39, 0.29) is 12.0 Å². The Labute approximate surface area is 84.9 Å². The van der Waals surface area contributed by atoms with Crippen molar-refractivity contribution in [1.29, 1.82) is 0 Å². The number of rotatable bonds is 4. The lowest BCUT2D eigenvalue weighted by Crippen LogP contribution is -2.52. The minimum Gasteiger partial charge on any atom is -0.393 e. The van der Waals surface area contributed by atoms with E-state index >= 15 is 0 Å². The average Bonchev–Trinajstić information content (AvgIpc) is 2.10. The zero-order valence-corrected chi connectivity index (χ0v) is 8.92. The normalized spacial score (nSPS) is 30.3. The van der Waals surface area contributed by atoms with Crippen LogP contribution in [-0.2, 0) is 4.79 Å². The van der Waals surface area contributed by atoms with E-state index in [2.05, 4.69) is 5.32 Å². The van der Waals surface area contributed by atoms with Gasteiger partial charge in [0.1, 0.15) is 0 Å². The molecule has 0 radical (unpaired) electrons. The van der Waals surface area contributed by atoms with Crippen LogP contribution in [0.5, 0.6) is 0 Å². The summed E-state index contributed by atoms with van der Waals surface area (Å²) in [6.45, 7) is 4.27. The Hall–Kier alpha value is -0.610. The standard InChI is InChI=1S/C10H20N2O2/c1-3-10(2,11)9(14)12-6-7-4-8(13)5-7/h7-8,13H,3-6,11H2,1-2H3,(H,12,14). The average molecular weight is 200 g/mol. The number of hydrogen-bond donors (Lipinski definition) is 3. The predicted molar refractivity (Wildman–Crippen MR) is 54.6 cm³/mol. The third-order valence-corrected chi connectivity index (χ3v) is 3.02. The van der Waals surface area contributed by atoms with Crippen molar-refractivity contribution in [3.05, 3.63) is 0 Å². The molecule has 4 nitrogen and oxygen atoms in total. The molecule has 1 rings (SSSR count). The van der Waals surface area contributed by atoms with E-state index in [1.165, 1.54) is 0 Å². The molecule has 82 valence electrons. The smallest absolute Gasteiger partial charge is 0.239 e. The molecule has 0 aliphatic heterocycles. The Balaban J connectivity index is 2.21. The molecule has 1 amide bonds. The minimum atomic E-state index is -0.762. The van der Waals surface area contributed by atoms with Crippen LogP contribution in [0.1, 0.15) is 33.1 Å². The molecule has 0 aromatic carbocycles. The first kappa shape index (κ1) is 11.5. The first-order chi connectivity index (χ1) is 6.45. The quantitative estimate of drug-likeness (QED) is 0.598. The van der Waals surface area contributed by atoms with E-state index in [1.807, 2.05) is 6.92 Å². The molecule has 1 atom stereocenters. The molecular weight excluding hydrogens is 180 g/mol. The number of nitrogens with two attached hydrogens (primary N) is 1. The van der Waals surface area contributed by atoms with Crippen LogP contribution in [-0.4, -0.2) is 29.2 Å². The Morgan fingerprint density at radius 2 is 2.21 bits per heavy atom. The summed E-state index contributed by atoms with van der Waals surface area (Å²) in [6, 6.07) is 0. The van der Waals surface area contributed by atoms with Crippen LogP contribution in [0.2, 0.25) is 0 Å². The van der Waals surface area contributed by atoms with Crippen molar-refractivity contribution in [3.63, 3.8) is 0 Å². The maximum absolute atomic E-state index is 11.5. The largest absolute Gasteiger partial charge is 0.393 e. The second-order valence-corrected chi connectivity index (χ2v) is 4.47. The highest BCUT2D eigenvalue weighted by Crippen LogP contribution is 2.26. The van der Waals surface area contributed by atoms with Crippen molar-refractivity contribution >= 4 is 5.91 Å². The summed E-state index contributed by atoms with van der Waals surface area (Å²) >= 11 is 0. The molecule has 1 aliphatic carbocycles. The highest BCUT2D eigenvalue weighted by Gasteiger charge is 2.30. The number of aliphatic hydroxyl groups is 1. The highest BCUT2D eigenvalue weighted by molar-refractivity contribution is 5.85. The van der Waals surface area contributed by atoms with Gasteiger partial charge in [-0.1, -0.05) is 6.92 Å². The number of hydrogen-bond acceptors (Lipinski definition) is 3. The molecule has 1 aliphatic rings. The van der Waals surface area contributed by atoms with Crippen molar-refractivity contribution in [2.45, 2.75) is 44.8 Å². The van der Waals surface area contributed by atoms with Crippen LogP contribution < -0.4 is 11.1 Å². The van der Waals surface area contributed by atoms with E-state index in [9.17, 15) is 4.79 Å². The second-order valence-electron chi connectivity index (χ2n) is 4.47. The lowest BCUT2D eigenvalue weighted by atomic mass is 9.82. The molecule has 4 heteroatoms. The topological polar surface area (TPSA) is 75.4 Å². The van der Waals surface area contributed by atoms with Gasteiger partial charge in [0.25, 0.3) is 0 Å². The van der Waals surface area contributed by atoms with E-state index in [0.717, 1.165) is 12.8 Å². The summed E-state index contributed by atoms with van der Waals surface area (Å²) in [5, 5.41) is 11.9. The first-order valence-corrected chi connectivity index (χ1v) is 5.21. The van der Waals surface area contributed by atoms with Crippen molar-refractivity contribution in [1.82, 2.24) is 5.32 Å². The van der Waals surface area contributed by atoms with Gasteiger partial charge in [0.2, 0.25) is 5.91 Å². The SMILES string of the molecule is CCC(C)(N)C(=O)NCC1CC(O)C1. The summed E-state index contributed by atoms with van der Waals surface area (Å²) in [7, 11) is 0. The van der Waals surface area contributed by atoms with Crippen LogP contribution in [0.4, 0.5) is 0 Å². The van der Waals surface area contributed by atoms with Crippen molar-refractivity contribution in [2.75, 3.05) is 6.54 Å². The number of nitrogens with one attached hydrogen (secondary N) is 1.